The van der Waals surface area contributed by atoms with E-state index in [9.17, 15) is 13.2 Å². The number of rotatable bonds is 4. The topological polar surface area (TPSA) is 109 Å². The fraction of sp³-hybridized carbons (Fsp3) is 0.750. The van der Waals surface area contributed by atoms with E-state index in [4.69, 9.17) is 5.11 Å². The summed E-state index contributed by atoms with van der Waals surface area (Å²) in [5.41, 5.74) is 0. The number of carboxylic acid groups (broad SMARTS) is 1. The molecule has 0 aliphatic heterocycles. The SMILES string of the molecule is CC[C@@H](NS(N)(=O)=O)C(=O)O. The smallest absolute Gasteiger partial charge is 0.321 e. The number of carbonyl (C=O) groups is 1. The van der Waals surface area contributed by atoms with Crippen LogP contribution in [-0.4, -0.2) is 25.5 Å². The van der Waals surface area contributed by atoms with E-state index in [2.05, 4.69) is 5.14 Å². The number of carboxylic acids is 1. The number of hydrogen-bond donors (Lipinski definition) is 3. The molecule has 0 heterocycles. The lowest BCUT2D eigenvalue weighted by Crippen LogP contribution is -2.43. The standard InChI is InChI=1S/C4H10N2O4S/c1-2-3(4(7)8)6-11(5,9)10/h3,6H,2H2,1H3,(H,7,8)(H2,5,9,10)/t3-/m1/s1. The molecule has 0 amide bonds. The molecule has 0 aliphatic rings. The van der Waals surface area contributed by atoms with E-state index >= 15 is 0 Å². The predicted octanol–water partition coefficient (Wildman–Crippen LogP) is -1.36. The van der Waals surface area contributed by atoms with Gasteiger partial charge in [-0.1, -0.05) is 6.92 Å². The van der Waals surface area contributed by atoms with Gasteiger partial charge in [0.1, 0.15) is 6.04 Å². The van der Waals surface area contributed by atoms with Crippen molar-refractivity contribution in [3.05, 3.63) is 0 Å². The molecule has 0 radical (unpaired) electrons. The van der Waals surface area contributed by atoms with Crippen LogP contribution in [0, 0.1) is 0 Å². The van der Waals surface area contributed by atoms with Gasteiger partial charge >= 0.3 is 5.97 Å². The van der Waals surface area contributed by atoms with E-state index in [1.165, 1.54) is 6.92 Å². The third-order valence-corrected chi connectivity index (χ3v) is 1.63. The number of aliphatic carboxylic acids is 1. The highest BCUT2D eigenvalue weighted by molar-refractivity contribution is 7.87. The van der Waals surface area contributed by atoms with Gasteiger partial charge in [-0.25, -0.2) is 5.14 Å². The highest BCUT2D eigenvalue weighted by Gasteiger charge is 2.18. The Morgan fingerprint density at radius 2 is 2.18 bits per heavy atom. The van der Waals surface area contributed by atoms with E-state index in [0.717, 1.165) is 0 Å². The maximum Gasteiger partial charge on any atom is 0.321 e. The summed E-state index contributed by atoms with van der Waals surface area (Å²) >= 11 is 0. The van der Waals surface area contributed by atoms with Crippen LogP contribution in [0.4, 0.5) is 0 Å². The van der Waals surface area contributed by atoms with Gasteiger partial charge in [-0.3, -0.25) is 4.79 Å². The zero-order chi connectivity index (χ0) is 9.07. The van der Waals surface area contributed by atoms with Crippen LogP contribution in [0.3, 0.4) is 0 Å². The summed E-state index contributed by atoms with van der Waals surface area (Å²) in [5, 5.41) is 12.9. The van der Waals surface area contributed by atoms with Crippen LogP contribution in [-0.2, 0) is 15.0 Å². The van der Waals surface area contributed by atoms with Gasteiger partial charge in [0.05, 0.1) is 0 Å². The van der Waals surface area contributed by atoms with Crippen molar-refractivity contribution in [3.63, 3.8) is 0 Å². The second-order valence-electron chi connectivity index (χ2n) is 1.96. The van der Waals surface area contributed by atoms with Crippen molar-refractivity contribution < 1.29 is 18.3 Å². The highest BCUT2D eigenvalue weighted by Crippen LogP contribution is 1.90. The molecule has 4 N–H and O–H groups in total. The molecule has 66 valence electrons. The first-order valence-corrected chi connectivity index (χ1v) is 4.44. The molecule has 0 aromatic heterocycles. The van der Waals surface area contributed by atoms with Gasteiger partial charge in [-0.05, 0) is 6.42 Å². The van der Waals surface area contributed by atoms with Gasteiger partial charge in [0.2, 0.25) is 0 Å². The molecule has 0 spiro atoms. The minimum Gasteiger partial charge on any atom is -0.480 e. The summed E-state index contributed by atoms with van der Waals surface area (Å²) in [5.74, 6) is -1.23. The van der Waals surface area contributed by atoms with E-state index in [1.807, 2.05) is 0 Å². The van der Waals surface area contributed by atoms with Crippen LogP contribution in [0.5, 0.6) is 0 Å². The molecule has 0 fully saturated rings. The first kappa shape index (κ1) is 10.3. The summed E-state index contributed by atoms with van der Waals surface area (Å²) in [6.07, 6.45) is 0.158. The fourth-order valence-corrected chi connectivity index (χ4v) is 1.17. The largest absolute Gasteiger partial charge is 0.480 e. The van der Waals surface area contributed by atoms with Crippen LogP contribution in [0.15, 0.2) is 0 Å². The van der Waals surface area contributed by atoms with Crippen molar-refractivity contribution >= 4 is 16.2 Å². The molecule has 11 heavy (non-hydrogen) atoms. The van der Waals surface area contributed by atoms with Crippen LogP contribution < -0.4 is 9.86 Å². The third kappa shape index (κ3) is 4.71. The van der Waals surface area contributed by atoms with Crippen molar-refractivity contribution in [2.24, 2.45) is 5.14 Å². The lowest BCUT2D eigenvalue weighted by molar-refractivity contribution is -0.139. The minimum atomic E-state index is -3.91. The molecule has 0 aromatic carbocycles. The second kappa shape index (κ2) is 3.65. The molecule has 0 aromatic rings. The Bertz CT molecular complexity index is 234. The normalized spacial score (nSPS) is 14.4. The van der Waals surface area contributed by atoms with Crippen molar-refractivity contribution in [3.8, 4) is 0 Å². The van der Waals surface area contributed by atoms with Crippen LogP contribution in [0.2, 0.25) is 0 Å². The van der Waals surface area contributed by atoms with E-state index in [-0.39, 0.29) is 6.42 Å². The van der Waals surface area contributed by atoms with Crippen LogP contribution in [0.1, 0.15) is 13.3 Å². The van der Waals surface area contributed by atoms with Gasteiger partial charge in [-0.15, -0.1) is 0 Å². The fourth-order valence-electron chi connectivity index (χ4n) is 0.507. The van der Waals surface area contributed by atoms with Crippen molar-refractivity contribution in [1.82, 2.24) is 4.72 Å². The predicted molar refractivity (Wildman–Crippen MR) is 38.0 cm³/mol. The lowest BCUT2D eigenvalue weighted by Gasteiger charge is -2.08. The van der Waals surface area contributed by atoms with Crippen molar-refractivity contribution in [2.45, 2.75) is 19.4 Å². The Hall–Kier alpha value is -0.660. The van der Waals surface area contributed by atoms with E-state index in [0.29, 0.717) is 0 Å². The lowest BCUT2D eigenvalue weighted by atomic mass is 10.2. The van der Waals surface area contributed by atoms with Crippen molar-refractivity contribution in [2.75, 3.05) is 0 Å². The minimum absolute atomic E-state index is 0.158. The molecule has 1 atom stereocenters. The maximum absolute atomic E-state index is 10.3. The Kier molecular flexibility index (Phi) is 3.43. The van der Waals surface area contributed by atoms with Gasteiger partial charge in [0, 0.05) is 0 Å². The van der Waals surface area contributed by atoms with Gasteiger partial charge in [0.25, 0.3) is 10.2 Å². The molecule has 7 heteroatoms. The molecular formula is C4H10N2O4S. The molecule has 0 unspecified atom stereocenters. The zero-order valence-electron chi connectivity index (χ0n) is 5.94. The first-order chi connectivity index (χ1) is 4.87. The molecule has 0 rings (SSSR count). The quantitative estimate of drug-likeness (QED) is 0.499. The Morgan fingerprint density at radius 1 is 1.73 bits per heavy atom. The molecule has 0 bridgehead atoms. The second-order valence-corrected chi connectivity index (χ2v) is 3.29. The zero-order valence-corrected chi connectivity index (χ0v) is 6.76. The Labute approximate surface area is 64.6 Å². The summed E-state index contributed by atoms with van der Waals surface area (Å²) in [6.45, 7) is 1.54. The van der Waals surface area contributed by atoms with E-state index < -0.39 is 22.2 Å². The summed E-state index contributed by atoms with van der Waals surface area (Å²) in [6, 6.07) is -1.13. The molecular weight excluding hydrogens is 172 g/mol. The molecule has 0 aliphatic carbocycles. The van der Waals surface area contributed by atoms with Gasteiger partial charge in [0.15, 0.2) is 0 Å². The molecule has 0 saturated heterocycles. The average Bonchev–Trinajstić information content (AvgIpc) is 1.80. The van der Waals surface area contributed by atoms with Crippen LogP contribution >= 0.6 is 0 Å². The first-order valence-electron chi connectivity index (χ1n) is 2.89. The van der Waals surface area contributed by atoms with Gasteiger partial charge < -0.3 is 5.11 Å². The number of hydrogen-bond acceptors (Lipinski definition) is 3. The Morgan fingerprint density at radius 3 is 2.27 bits per heavy atom. The monoisotopic (exact) mass is 182 g/mol. The maximum atomic E-state index is 10.3. The summed E-state index contributed by atoms with van der Waals surface area (Å²) < 4.78 is 22.4. The highest BCUT2D eigenvalue weighted by atomic mass is 32.2. The molecule has 6 nitrogen and oxygen atoms in total. The number of nitrogens with two attached hydrogens (primary N) is 1. The average molecular weight is 182 g/mol. The summed E-state index contributed by atoms with van der Waals surface area (Å²) in [4.78, 5) is 10.2. The Balaban J connectivity index is 4.22. The summed E-state index contributed by atoms with van der Waals surface area (Å²) in [7, 11) is -3.91. The van der Waals surface area contributed by atoms with E-state index in [1.54, 1.807) is 4.72 Å². The van der Waals surface area contributed by atoms with Gasteiger partial charge in [-0.2, -0.15) is 13.1 Å². The molecule has 0 saturated carbocycles. The third-order valence-electron chi connectivity index (χ3n) is 1.01. The van der Waals surface area contributed by atoms with Crippen molar-refractivity contribution in [1.29, 1.82) is 0 Å². The van der Waals surface area contributed by atoms with Crippen LogP contribution in [0.25, 0.3) is 0 Å². The number of nitrogens with one attached hydrogen (secondary N) is 1.